The zero-order valence-corrected chi connectivity index (χ0v) is 17.2. The van der Waals surface area contributed by atoms with Gasteiger partial charge in [0.25, 0.3) is 0 Å². The molecule has 5 saturated heterocycles. The Bertz CT molecular complexity index is 629. The van der Waals surface area contributed by atoms with Crippen LogP contribution in [-0.4, -0.2) is 113 Å². The molecule has 4 N–H and O–H groups in total. The molecule has 0 saturated carbocycles. The van der Waals surface area contributed by atoms with Gasteiger partial charge in [-0.15, -0.1) is 0 Å². The summed E-state index contributed by atoms with van der Waals surface area (Å²) in [5.41, 5.74) is 0. The first-order chi connectivity index (χ1) is 14.3. The number of aliphatic hydroxyl groups excluding tert-OH is 4. The van der Waals surface area contributed by atoms with Crippen molar-refractivity contribution >= 4 is 0 Å². The maximum atomic E-state index is 11.0. The summed E-state index contributed by atoms with van der Waals surface area (Å²) in [4.78, 5) is 0. The molecule has 10 heteroatoms. The van der Waals surface area contributed by atoms with Gasteiger partial charge < -0.3 is 48.8 Å². The Morgan fingerprint density at radius 1 is 0.733 bits per heavy atom. The molecule has 12 atom stereocenters. The Morgan fingerprint density at radius 3 is 2.17 bits per heavy atom. The molecule has 30 heavy (non-hydrogen) atoms. The van der Waals surface area contributed by atoms with E-state index in [9.17, 15) is 20.4 Å². The molecule has 0 amide bonds. The standard InChI is InChI=1S/C20H32O10/c1-20(2)25-7-13-11(30-20)5-10-9(26-13)6-12-17(28-10)16(24)19-18(29-12)15(23)14(22)8(27-19)3-4-21/h8-19,21-24H,3-7H2,1-2H3/t8-,9+,10-,11+,12-,13-,14-,15+,16+,17-,18+,19-/m0/s1. The van der Waals surface area contributed by atoms with Crippen LogP contribution < -0.4 is 0 Å². The van der Waals surface area contributed by atoms with Gasteiger partial charge in [0.2, 0.25) is 0 Å². The first-order valence-electron chi connectivity index (χ1n) is 10.9. The van der Waals surface area contributed by atoms with Crippen LogP contribution in [-0.2, 0) is 28.4 Å². The zero-order chi connectivity index (χ0) is 21.2. The monoisotopic (exact) mass is 432 g/mol. The average Bonchev–Trinajstić information content (AvgIpc) is 2.70. The fraction of sp³-hybridized carbons (Fsp3) is 1.00. The second-order valence-electron chi connectivity index (χ2n) is 9.45. The van der Waals surface area contributed by atoms with Crippen LogP contribution in [0.25, 0.3) is 0 Å². The third-order valence-electron chi connectivity index (χ3n) is 6.98. The van der Waals surface area contributed by atoms with Crippen LogP contribution in [0.15, 0.2) is 0 Å². The first kappa shape index (κ1) is 21.4. The highest BCUT2D eigenvalue weighted by atomic mass is 16.7. The molecule has 5 aliphatic heterocycles. The quantitative estimate of drug-likeness (QED) is 0.406. The summed E-state index contributed by atoms with van der Waals surface area (Å²) in [5, 5.41) is 41.1. The molecule has 5 aliphatic rings. The Morgan fingerprint density at radius 2 is 1.40 bits per heavy atom. The van der Waals surface area contributed by atoms with Gasteiger partial charge in [0, 0.05) is 19.4 Å². The topological polar surface area (TPSA) is 136 Å². The number of aliphatic hydroxyl groups is 4. The Kier molecular flexibility index (Phi) is 5.63. The molecule has 0 aromatic carbocycles. The lowest BCUT2D eigenvalue weighted by atomic mass is 9.81. The molecule has 0 aromatic heterocycles. The maximum absolute atomic E-state index is 11.0. The van der Waals surface area contributed by atoms with Crippen molar-refractivity contribution in [2.75, 3.05) is 13.2 Å². The highest BCUT2D eigenvalue weighted by Gasteiger charge is 2.59. The Hall–Kier alpha value is -0.400. The number of hydrogen-bond acceptors (Lipinski definition) is 10. The number of hydrogen-bond donors (Lipinski definition) is 4. The van der Waals surface area contributed by atoms with Crippen molar-refractivity contribution in [1.29, 1.82) is 0 Å². The summed E-state index contributed by atoms with van der Waals surface area (Å²) in [7, 11) is 0. The third-order valence-corrected chi connectivity index (χ3v) is 6.98. The van der Waals surface area contributed by atoms with Crippen LogP contribution in [0.4, 0.5) is 0 Å². The molecular weight excluding hydrogens is 400 g/mol. The fourth-order valence-corrected chi connectivity index (χ4v) is 5.48. The summed E-state index contributed by atoms with van der Waals surface area (Å²) in [6.07, 6.45) is -6.70. The van der Waals surface area contributed by atoms with Crippen LogP contribution in [0, 0.1) is 0 Å². The van der Waals surface area contributed by atoms with Crippen LogP contribution in [0.5, 0.6) is 0 Å². The molecule has 0 unspecified atom stereocenters. The molecule has 0 bridgehead atoms. The summed E-state index contributed by atoms with van der Waals surface area (Å²) in [5.74, 6) is -0.677. The van der Waals surface area contributed by atoms with Crippen molar-refractivity contribution in [1.82, 2.24) is 0 Å². The number of ether oxygens (including phenoxy) is 6. The van der Waals surface area contributed by atoms with Crippen LogP contribution in [0.1, 0.15) is 33.1 Å². The molecule has 0 radical (unpaired) electrons. The minimum atomic E-state index is -1.23. The van der Waals surface area contributed by atoms with Crippen LogP contribution in [0.3, 0.4) is 0 Å². The van der Waals surface area contributed by atoms with E-state index in [0.29, 0.717) is 19.4 Å². The van der Waals surface area contributed by atoms with E-state index in [2.05, 4.69) is 0 Å². The van der Waals surface area contributed by atoms with Crippen molar-refractivity contribution in [3.63, 3.8) is 0 Å². The molecule has 0 spiro atoms. The number of fused-ring (bicyclic) bond motifs is 4. The summed E-state index contributed by atoms with van der Waals surface area (Å²) in [6, 6.07) is 0. The fourth-order valence-electron chi connectivity index (χ4n) is 5.48. The van der Waals surface area contributed by atoms with Gasteiger partial charge in [-0.05, 0) is 20.3 Å². The predicted molar refractivity (Wildman–Crippen MR) is 98.5 cm³/mol. The minimum Gasteiger partial charge on any atom is -0.396 e. The molecule has 10 nitrogen and oxygen atoms in total. The van der Waals surface area contributed by atoms with Gasteiger partial charge in [-0.1, -0.05) is 0 Å². The molecule has 0 aromatic rings. The van der Waals surface area contributed by atoms with E-state index in [-0.39, 0.29) is 37.4 Å². The molecule has 0 aliphatic carbocycles. The van der Waals surface area contributed by atoms with Crippen LogP contribution in [0.2, 0.25) is 0 Å². The van der Waals surface area contributed by atoms with Gasteiger partial charge >= 0.3 is 0 Å². The largest absolute Gasteiger partial charge is 0.396 e. The summed E-state index contributed by atoms with van der Waals surface area (Å²) < 4.78 is 36.0. The zero-order valence-electron chi connectivity index (χ0n) is 17.2. The lowest BCUT2D eigenvalue weighted by Gasteiger charge is -2.56. The molecular formula is C20H32O10. The van der Waals surface area contributed by atoms with Gasteiger partial charge in [0.05, 0.1) is 37.1 Å². The summed E-state index contributed by atoms with van der Waals surface area (Å²) >= 11 is 0. The van der Waals surface area contributed by atoms with E-state index < -0.39 is 54.6 Å². The lowest BCUT2D eigenvalue weighted by Crippen LogP contribution is -2.72. The normalized spacial score (nSPS) is 55.0. The summed E-state index contributed by atoms with van der Waals surface area (Å²) in [6.45, 7) is 3.98. The predicted octanol–water partition coefficient (Wildman–Crippen LogP) is -1.55. The van der Waals surface area contributed by atoms with E-state index in [1.165, 1.54) is 0 Å². The second-order valence-corrected chi connectivity index (χ2v) is 9.45. The number of rotatable bonds is 2. The SMILES string of the molecule is CC1(C)OC[C@@H]2O[C@@H]3C[C@@H]4O[C@@H]5[C@H](O)[C@@H](O)[C@H](CCO)O[C@H]5[C@H](O)[C@H]4O[C@H]3C[C@H]2O1. The lowest BCUT2D eigenvalue weighted by molar-refractivity contribution is -0.371. The average molecular weight is 432 g/mol. The Labute approximate surface area is 175 Å². The van der Waals surface area contributed by atoms with Gasteiger partial charge in [0.1, 0.15) is 42.7 Å². The van der Waals surface area contributed by atoms with Gasteiger partial charge in [0.15, 0.2) is 5.79 Å². The minimum absolute atomic E-state index is 0.153. The first-order valence-corrected chi connectivity index (χ1v) is 10.9. The highest BCUT2D eigenvalue weighted by Crippen LogP contribution is 2.43. The van der Waals surface area contributed by atoms with Crippen molar-refractivity contribution in [2.45, 2.75) is 112 Å². The molecule has 172 valence electrons. The van der Waals surface area contributed by atoms with Gasteiger partial charge in [-0.3, -0.25) is 0 Å². The van der Waals surface area contributed by atoms with E-state index in [1.54, 1.807) is 0 Å². The third kappa shape index (κ3) is 3.61. The van der Waals surface area contributed by atoms with Gasteiger partial charge in [-0.2, -0.15) is 0 Å². The van der Waals surface area contributed by atoms with Gasteiger partial charge in [-0.25, -0.2) is 0 Å². The van der Waals surface area contributed by atoms with Crippen molar-refractivity contribution in [3.05, 3.63) is 0 Å². The van der Waals surface area contributed by atoms with Crippen molar-refractivity contribution in [3.8, 4) is 0 Å². The van der Waals surface area contributed by atoms with E-state index in [0.717, 1.165) is 0 Å². The van der Waals surface area contributed by atoms with Crippen LogP contribution >= 0.6 is 0 Å². The second kappa shape index (κ2) is 7.87. The van der Waals surface area contributed by atoms with Crippen molar-refractivity contribution in [2.24, 2.45) is 0 Å². The molecule has 5 fully saturated rings. The molecule has 5 heterocycles. The molecule has 5 rings (SSSR count). The van der Waals surface area contributed by atoms with Crippen molar-refractivity contribution < 1.29 is 48.8 Å². The maximum Gasteiger partial charge on any atom is 0.163 e. The van der Waals surface area contributed by atoms with E-state index in [4.69, 9.17) is 28.4 Å². The highest BCUT2D eigenvalue weighted by molar-refractivity contribution is 5.06. The smallest absolute Gasteiger partial charge is 0.163 e. The Balaban J connectivity index is 1.31. The van der Waals surface area contributed by atoms with E-state index in [1.807, 2.05) is 13.8 Å². The van der Waals surface area contributed by atoms with E-state index >= 15 is 0 Å².